The lowest BCUT2D eigenvalue weighted by Crippen LogP contribution is -2.28. The summed E-state index contributed by atoms with van der Waals surface area (Å²) in [5, 5.41) is 2.81. The van der Waals surface area contributed by atoms with E-state index in [1.165, 1.54) is 0 Å². The Morgan fingerprint density at radius 2 is 1.62 bits per heavy atom. The van der Waals surface area contributed by atoms with Crippen molar-refractivity contribution in [1.82, 2.24) is 0 Å². The maximum absolute atomic E-state index is 12.6. The first-order valence-corrected chi connectivity index (χ1v) is 8.47. The van der Waals surface area contributed by atoms with Crippen molar-refractivity contribution in [3.8, 4) is 0 Å². The summed E-state index contributed by atoms with van der Waals surface area (Å²) in [6.07, 6.45) is 3.83. The minimum atomic E-state index is -0.413. The molecule has 1 unspecified atom stereocenters. The molecule has 0 bridgehead atoms. The Morgan fingerprint density at radius 3 is 2.35 bits per heavy atom. The van der Waals surface area contributed by atoms with Crippen LogP contribution in [0.25, 0.3) is 12.2 Å². The summed E-state index contributed by atoms with van der Waals surface area (Å²) >= 11 is 0. The summed E-state index contributed by atoms with van der Waals surface area (Å²) in [7, 11) is 0. The van der Waals surface area contributed by atoms with E-state index in [2.05, 4.69) is 5.32 Å². The van der Waals surface area contributed by atoms with Crippen LogP contribution < -0.4 is 10.9 Å². The monoisotopic (exact) mass is 343 g/mol. The van der Waals surface area contributed by atoms with Crippen LogP contribution >= 0.6 is 0 Å². The molecule has 0 saturated carbocycles. The van der Waals surface area contributed by atoms with Crippen molar-refractivity contribution in [3.63, 3.8) is 0 Å². The molecule has 2 aromatic carbocycles. The number of anilines is 1. The summed E-state index contributed by atoms with van der Waals surface area (Å²) in [6, 6.07) is 21.0. The number of fused-ring (bicyclic) bond motifs is 1. The SMILES string of the molecule is O=C1CC(c2ccccc2)c2c(cc(/C=C/c3ccccc3)oc2=O)N1. The molecule has 128 valence electrons. The number of nitrogens with one attached hydrogen (secondary N) is 1. The lowest BCUT2D eigenvalue weighted by molar-refractivity contribution is -0.116. The van der Waals surface area contributed by atoms with Crippen LogP contribution in [0.5, 0.6) is 0 Å². The highest BCUT2D eigenvalue weighted by molar-refractivity contribution is 5.95. The fourth-order valence-electron chi connectivity index (χ4n) is 3.24. The number of amides is 1. The first-order chi connectivity index (χ1) is 12.7. The molecule has 1 atom stereocenters. The van der Waals surface area contributed by atoms with E-state index < -0.39 is 5.63 Å². The summed E-state index contributed by atoms with van der Waals surface area (Å²) in [4.78, 5) is 24.8. The van der Waals surface area contributed by atoms with Gasteiger partial charge in [-0.3, -0.25) is 4.79 Å². The molecule has 1 N–H and O–H groups in total. The molecule has 26 heavy (non-hydrogen) atoms. The van der Waals surface area contributed by atoms with Crippen LogP contribution in [0.15, 0.2) is 75.9 Å². The smallest absolute Gasteiger partial charge is 0.342 e. The van der Waals surface area contributed by atoms with Crippen LogP contribution in [-0.4, -0.2) is 5.91 Å². The Morgan fingerprint density at radius 1 is 0.923 bits per heavy atom. The van der Waals surface area contributed by atoms with Gasteiger partial charge in [-0.2, -0.15) is 0 Å². The second-order valence-corrected chi connectivity index (χ2v) is 6.22. The van der Waals surface area contributed by atoms with E-state index in [-0.39, 0.29) is 18.2 Å². The van der Waals surface area contributed by atoms with E-state index in [0.717, 1.165) is 11.1 Å². The normalized spacial score (nSPS) is 16.3. The summed E-state index contributed by atoms with van der Waals surface area (Å²) in [5.74, 6) is 0.0184. The third-order valence-electron chi connectivity index (χ3n) is 4.46. The molecule has 2 heterocycles. The number of carbonyl (C=O) groups is 1. The average Bonchev–Trinajstić information content (AvgIpc) is 2.67. The van der Waals surface area contributed by atoms with E-state index in [4.69, 9.17) is 4.42 Å². The topological polar surface area (TPSA) is 59.3 Å². The van der Waals surface area contributed by atoms with Gasteiger partial charge >= 0.3 is 5.63 Å². The minimum absolute atomic E-state index is 0.102. The van der Waals surface area contributed by atoms with Crippen molar-refractivity contribution in [2.75, 3.05) is 5.32 Å². The molecular weight excluding hydrogens is 326 g/mol. The van der Waals surface area contributed by atoms with Gasteiger partial charge in [-0.25, -0.2) is 4.79 Å². The van der Waals surface area contributed by atoms with E-state index in [9.17, 15) is 9.59 Å². The molecule has 4 rings (SSSR count). The summed E-state index contributed by atoms with van der Waals surface area (Å²) in [6.45, 7) is 0. The van der Waals surface area contributed by atoms with E-state index in [1.807, 2.05) is 66.7 Å². The Balaban J connectivity index is 1.74. The first kappa shape index (κ1) is 16.1. The van der Waals surface area contributed by atoms with E-state index in [0.29, 0.717) is 17.0 Å². The molecule has 0 saturated heterocycles. The lowest BCUT2D eigenvalue weighted by atomic mass is 9.86. The highest BCUT2D eigenvalue weighted by Crippen LogP contribution is 2.35. The molecule has 4 heteroatoms. The standard InChI is InChI=1S/C22H17NO3/c24-20-14-18(16-9-5-2-6-10-16)21-19(23-20)13-17(26-22(21)25)12-11-15-7-3-1-4-8-15/h1-13,18H,14H2,(H,23,24)/b12-11+. The molecule has 4 nitrogen and oxygen atoms in total. The van der Waals surface area contributed by atoms with Crippen LogP contribution in [0.4, 0.5) is 5.69 Å². The van der Waals surface area contributed by atoms with Gasteiger partial charge in [0.2, 0.25) is 5.91 Å². The summed E-state index contributed by atoms with van der Waals surface area (Å²) in [5.41, 5.74) is 2.55. The molecule has 1 aliphatic heterocycles. The van der Waals surface area contributed by atoms with Crippen LogP contribution in [0, 0.1) is 0 Å². The lowest BCUT2D eigenvalue weighted by Gasteiger charge is -2.24. The Hall–Kier alpha value is -3.40. The molecule has 0 aliphatic carbocycles. The first-order valence-electron chi connectivity index (χ1n) is 8.47. The summed E-state index contributed by atoms with van der Waals surface area (Å²) < 4.78 is 5.49. The number of hydrogen-bond acceptors (Lipinski definition) is 3. The van der Waals surface area contributed by atoms with Gasteiger partial charge in [0.05, 0.1) is 11.3 Å². The molecule has 0 radical (unpaired) electrons. The third kappa shape index (κ3) is 3.22. The zero-order chi connectivity index (χ0) is 17.9. The van der Waals surface area contributed by atoms with Gasteiger partial charge in [0.25, 0.3) is 0 Å². The van der Waals surface area contributed by atoms with E-state index >= 15 is 0 Å². The molecule has 1 amide bonds. The number of benzene rings is 2. The average molecular weight is 343 g/mol. The zero-order valence-corrected chi connectivity index (χ0v) is 14.0. The van der Waals surface area contributed by atoms with E-state index in [1.54, 1.807) is 12.1 Å². The molecule has 1 aliphatic rings. The van der Waals surface area contributed by atoms with Gasteiger partial charge in [-0.1, -0.05) is 66.7 Å². The second-order valence-electron chi connectivity index (χ2n) is 6.22. The largest absolute Gasteiger partial charge is 0.423 e. The number of hydrogen-bond donors (Lipinski definition) is 1. The number of rotatable bonds is 3. The van der Waals surface area contributed by atoms with Crippen LogP contribution in [0.1, 0.15) is 34.8 Å². The molecule has 1 aromatic heterocycles. The Bertz CT molecular complexity index is 1020. The van der Waals surface area contributed by atoms with Gasteiger partial charge in [0, 0.05) is 18.4 Å². The van der Waals surface area contributed by atoms with Crippen LogP contribution in [0.3, 0.4) is 0 Å². The fraction of sp³-hybridized carbons (Fsp3) is 0.0909. The van der Waals surface area contributed by atoms with Crippen molar-refractivity contribution >= 4 is 23.7 Å². The molecule has 0 fully saturated rings. The van der Waals surface area contributed by atoms with Crippen molar-refractivity contribution < 1.29 is 9.21 Å². The van der Waals surface area contributed by atoms with Crippen molar-refractivity contribution in [1.29, 1.82) is 0 Å². The van der Waals surface area contributed by atoms with Crippen LogP contribution in [-0.2, 0) is 4.79 Å². The molecule has 0 spiro atoms. The quantitative estimate of drug-likeness (QED) is 0.772. The van der Waals surface area contributed by atoms with Crippen LogP contribution in [0.2, 0.25) is 0 Å². The second kappa shape index (κ2) is 6.84. The van der Waals surface area contributed by atoms with Gasteiger partial charge in [0.1, 0.15) is 5.76 Å². The fourth-order valence-corrected chi connectivity index (χ4v) is 3.24. The van der Waals surface area contributed by atoms with Crippen molar-refractivity contribution in [2.24, 2.45) is 0 Å². The predicted molar refractivity (Wildman–Crippen MR) is 102 cm³/mol. The van der Waals surface area contributed by atoms with Crippen molar-refractivity contribution in [3.05, 3.63) is 99.6 Å². The maximum Gasteiger partial charge on any atom is 0.342 e. The minimum Gasteiger partial charge on any atom is -0.423 e. The zero-order valence-electron chi connectivity index (χ0n) is 14.0. The molecule has 3 aromatic rings. The highest BCUT2D eigenvalue weighted by atomic mass is 16.4. The molecular formula is C22H17NO3. The van der Waals surface area contributed by atoms with Gasteiger partial charge in [0.15, 0.2) is 0 Å². The predicted octanol–water partition coefficient (Wildman–Crippen LogP) is 4.28. The van der Waals surface area contributed by atoms with Crippen molar-refractivity contribution in [2.45, 2.75) is 12.3 Å². The Kier molecular flexibility index (Phi) is 4.23. The third-order valence-corrected chi connectivity index (χ3v) is 4.46. The van der Waals surface area contributed by atoms with Gasteiger partial charge < -0.3 is 9.73 Å². The van der Waals surface area contributed by atoms with Gasteiger partial charge in [-0.15, -0.1) is 0 Å². The maximum atomic E-state index is 12.6. The number of carbonyl (C=O) groups excluding carboxylic acids is 1. The highest BCUT2D eigenvalue weighted by Gasteiger charge is 2.30. The van der Waals surface area contributed by atoms with Gasteiger partial charge in [-0.05, 0) is 17.2 Å². The Labute approximate surface area is 150 Å².